The molecule has 0 aliphatic rings. The minimum Gasteiger partial charge on any atom is -0.496 e. The van der Waals surface area contributed by atoms with Gasteiger partial charge in [-0.25, -0.2) is 14.4 Å². The van der Waals surface area contributed by atoms with Crippen molar-refractivity contribution in [1.29, 1.82) is 0 Å². The van der Waals surface area contributed by atoms with E-state index < -0.39 is 5.82 Å². The van der Waals surface area contributed by atoms with Crippen molar-refractivity contribution in [3.05, 3.63) is 47.8 Å². The molecule has 1 heterocycles. The molecule has 0 bridgehead atoms. The fraction of sp³-hybridized carbons (Fsp3) is 0.125. The molecular weight excluding hydrogens is 269 g/mol. The number of para-hydroxylation sites is 1. The lowest BCUT2D eigenvalue weighted by Gasteiger charge is -2.11. The first-order chi connectivity index (χ1) is 10.1. The Morgan fingerprint density at radius 1 is 1.10 bits per heavy atom. The summed E-state index contributed by atoms with van der Waals surface area (Å²) < 4.78 is 19.4. The average molecular weight is 283 g/mol. The molecule has 106 valence electrons. The first-order valence-electron chi connectivity index (χ1n) is 6.47. The highest BCUT2D eigenvalue weighted by atomic mass is 19.1. The molecule has 0 aliphatic carbocycles. The van der Waals surface area contributed by atoms with E-state index >= 15 is 0 Å². The highest BCUT2D eigenvalue weighted by Gasteiger charge is 2.16. The number of anilines is 1. The van der Waals surface area contributed by atoms with Gasteiger partial charge in [0, 0.05) is 5.39 Å². The van der Waals surface area contributed by atoms with Crippen LogP contribution in [-0.4, -0.2) is 17.1 Å². The smallest absolute Gasteiger partial charge is 0.168 e. The number of hydrogen-bond donors (Lipinski definition) is 1. The maximum atomic E-state index is 14.2. The summed E-state index contributed by atoms with van der Waals surface area (Å²) in [5.41, 5.74) is 7.88. The third kappa shape index (κ3) is 2.16. The predicted octanol–water partition coefficient (Wildman–Crippen LogP) is 3.34. The SMILES string of the molecule is COc1cccc(F)c1-c1nc(N)c2cccc(C)c2n1. The summed E-state index contributed by atoms with van der Waals surface area (Å²) in [7, 11) is 1.48. The van der Waals surface area contributed by atoms with Gasteiger partial charge in [-0.2, -0.15) is 0 Å². The molecule has 0 aliphatic heterocycles. The summed E-state index contributed by atoms with van der Waals surface area (Å²) in [6.45, 7) is 1.93. The fourth-order valence-corrected chi connectivity index (χ4v) is 2.32. The van der Waals surface area contributed by atoms with Crippen molar-refractivity contribution in [3.8, 4) is 17.1 Å². The van der Waals surface area contributed by atoms with E-state index in [1.807, 2.05) is 25.1 Å². The van der Waals surface area contributed by atoms with Crippen molar-refractivity contribution in [3.63, 3.8) is 0 Å². The molecule has 2 aromatic carbocycles. The number of rotatable bonds is 2. The van der Waals surface area contributed by atoms with Crippen molar-refractivity contribution in [1.82, 2.24) is 9.97 Å². The summed E-state index contributed by atoms with van der Waals surface area (Å²) in [5, 5.41) is 0.758. The van der Waals surface area contributed by atoms with Gasteiger partial charge in [-0.1, -0.05) is 18.2 Å². The Morgan fingerprint density at radius 2 is 1.86 bits per heavy atom. The van der Waals surface area contributed by atoms with Crippen LogP contribution in [0.4, 0.5) is 10.2 Å². The fourth-order valence-electron chi connectivity index (χ4n) is 2.32. The van der Waals surface area contributed by atoms with Crippen LogP contribution in [0.15, 0.2) is 36.4 Å². The molecule has 1 aromatic heterocycles. The lowest BCUT2D eigenvalue weighted by molar-refractivity contribution is 0.413. The van der Waals surface area contributed by atoms with Gasteiger partial charge in [-0.15, -0.1) is 0 Å². The van der Waals surface area contributed by atoms with E-state index in [0.29, 0.717) is 17.1 Å². The van der Waals surface area contributed by atoms with Crippen LogP contribution < -0.4 is 10.5 Å². The van der Waals surface area contributed by atoms with Gasteiger partial charge in [0.1, 0.15) is 17.4 Å². The highest BCUT2D eigenvalue weighted by molar-refractivity contribution is 5.91. The van der Waals surface area contributed by atoms with E-state index in [0.717, 1.165) is 10.9 Å². The van der Waals surface area contributed by atoms with Crippen LogP contribution in [0.5, 0.6) is 5.75 Å². The Hall–Kier alpha value is -2.69. The second-order valence-electron chi connectivity index (χ2n) is 4.72. The molecule has 0 unspecified atom stereocenters. The number of methoxy groups -OCH3 is 1. The second-order valence-corrected chi connectivity index (χ2v) is 4.72. The predicted molar refractivity (Wildman–Crippen MR) is 80.6 cm³/mol. The maximum absolute atomic E-state index is 14.2. The van der Waals surface area contributed by atoms with E-state index in [2.05, 4.69) is 9.97 Å². The summed E-state index contributed by atoms with van der Waals surface area (Å²) in [6, 6.07) is 10.3. The molecule has 0 atom stereocenters. The number of nitrogens with two attached hydrogens (primary N) is 1. The van der Waals surface area contributed by atoms with Crippen molar-refractivity contribution >= 4 is 16.7 Å². The Morgan fingerprint density at radius 3 is 2.62 bits per heavy atom. The normalized spacial score (nSPS) is 10.8. The van der Waals surface area contributed by atoms with Gasteiger partial charge in [0.05, 0.1) is 18.2 Å². The molecule has 2 N–H and O–H groups in total. The van der Waals surface area contributed by atoms with Crippen LogP contribution in [0.3, 0.4) is 0 Å². The molecule has 0 amide bonds. The molecule has 0 saturated carbocycles. The number of nitrogens with zero attached hydrogens (tertiary/aromatic N) is 2. The minimum atomic E-state index is -0.443. The van der Waals surface area contributed by atoms with E-state index in [-0.39, 0.29) is 11.4 Å². The summed E-state index contributed by atoms with van der Waals surface area (Å²) in [4.78, 5) is 8.69. The van der Waals surface area contributed by atoms with Crippen LogP contribution in [0.1, 0.15) is 5.56 Å². The molecule has 21 heavy (non-hydrogen) atoms. The summed E-state index contributed by atoms with van der Waals surface area (Å²) in [6.07, 6.45) is 0. The van der Waals surface area contributed by atoms with Crippen molar-refractivity contribution in [2.24, 2.45) is 0 Å². The number of ether oxygens (including phenoxy) is 1. The number of nitrogen functional groups attached to an aromatic ring is 1. The van der Waals surface area contributed by atoms with E-state index in [9.17, 15) is 4.39 Å². The Bertz CT molecular complexity index is 833. The Balaban J connectivity index is 2.34. The Labute approximate surface area is 121 Å². The first kappa shape index (κ1) is 13.3. The molecule has 0 saturated heterocycles. The molecule has 3 aromatic rings. The largest absolute Gasteiger partial charge is 0.496 e. The van der Waals surface area contributed by atoms with Gasteiger partial charge in [0.2, 0.25) is 0 Å². The lowest BCUT2D eigenvalue weighted by Crippen LogP contribution is -2.01. The van der Waals surface area contributed by atoms with Gasteiger partial charge < -0.3 is 10.5 Å². The number of benzene rings is 2. The standard InChI is InChI=1S/C16H14FN3O/c1-9-5-3-6-10-14(9)19-16(20-15(10)18)13-11(17)7-4-8-12(13)21-2/h3-8H,1-2H3,(H2,18,19,20). The number of hydrogen-bond acceptors (Lipinski definition) is 4. The van der Waals surface area contributed by atoms with Crippen LogP contribution in [0.25, 0.3) is 22.3 Å². The average Bonchev–Trinajstić information content (AvgIpc) is 2.48. The van der Waals surface area contributed by atoms with E-state index in [1.54, 1.807) is 12.1 Å². The zero-order valence-electron chi connectivity index (χ0n) is 11.7. The van der Waals surface area contributed by atoms with Crippen LogP contribution >= 0.6 is 0 Å². The molecule has 5 heteroatoms. The van der Waals surface area contributed by atoms with Crippen LogP contribution in [-0.2, 0) is 0 Å². The van der Waals surface area contributed by atoms with Gasteiger partial charge in [0.25, 0.3) is 0 Å². The quantitative estimate of drug-likeness (QED) is 0.783. The monoisotopic (exact) mass is 283 g/mol. The van der Waals surface area contributed by atoms with Gasteiger partial charge in [0.15, 0.2) is 5.82 Å². The molecule has 0 spiro atoms. The van der Waals surface area contributed by atoms with Gasteiger partial charge in [-0.05, 0) is 30.7 Å². The molecule has 3 rings (SSSR count). The highest BCUT2D eigenvalue weighted by Crippen LogP contribution is 2.32. The summed E-state index contributed by atoms with van der Waals surface area (Å²) >= 11 is 0. The van der Waals surface area contributed by atoms with E-state index in [4.69, 9.17) is 10.5 Å². The zero-order chi connectivity index (χ0) is 15.0. The molecule has 0 radical (unpaired) electrons. The maximum Gasteiger partial charge on any atom is 0.168 e. The molecular formula is C16H14FN3O. The van der Waals surface area contributed by atoms with Crippen molar-refractivity contribution < 1.29 is 9.13 Å². The first-order valence-corrected chi connectivity index (χ1v) is 6.47. The van der Waals surface area contributed by atoms with Crippen molar-refractivity contribution in [2.45, 2.75) is 6.92 Å². The lowest BCUT2D eigenvalue weighted by atomic mass is 10.1. The minimum absolute atomic E-state index is 0.219. The third-order valence-corrected chi connectivity index (χ3v) is 3.38. The van der Waals surface area contributed by atoms with E-state index in [1.165, 1.54) is 13.2 Å². The number of aryl methyl sites for hydroxylation is 1. The zero-order valence-corrected chi connectivity index (χ0v) is 11.7. The van der Waals surface area contributed by atoms with Crippen LogP contribution in [0.2, 0.25) is 0 Å². The second kappa shape index (κ2) is 5.01. The number of halogens is 1. The Kier molecular flexibility index (Phi) is 3.17. The summed E-state index contributed by atoms with van der Waals surface area (Å²) in [5.74, 6) is 0.484. The third-order valence-electron chi connectivity index (χ3n) is 3.38. The molecule has 4 nitrogen and oxygen atoms in total. The van der Waals surface area contributed by atoms with Crippen molar-refractivity contribution in [2.75, 3.05) is 12.8 Å². The number of fused-ring (bicyclic) bond motifs is 1. The van der Waals surface area contributed by atoms with Gasteiger partial charge in [-0.3, -0.25) is 0 Å². The van der Waals surface area contributed by atoms with Gasteiger partial charge >= 0.3 is 0 Å². The number of aromatic nitrogens is 2. The van der Waals surface area contributed by atoms with Crippen LogP contribution in [0, 0.1) is 12.7 Å². The topological polar surface area (TPSA) is 61.0 Å². The molecule has 0 fully saturated rings.